The van der Waals surface area contributed by atoms with E-state index in [2.05, 4.69) is 5.32 Å². The van der Waals surface area contributed by atoms with Gasteiger partial charge in [-0.2, -0.15) is 0 Å². The Labute approximate surface area is 107 Å². The van der Waals surface area contributed by atoms with Crippen LogP contribution in [0.15, 0.2) is 30.3 Å². The number of rotatable bonds is 5. The number of benzene rings is 1. The summed E-state index contributed by atoms with van der Waals surface area (Å²) in [7, 11) is 0. The van der Waals surface area contributed by atoms with E-state index in [1.54, 1.807) is 0 Å². The third kappa shape index (κ3) is 5.09. The number of hydrogen-bond donors (Lipinski definition) is 1. The molecule has 0 bridgehead atoms. The van der Waals surface area contributed by atoms with Gasteiger partial charge in [0.1, 0.15) is 6.61 Å². The van der Waals surface area contributed by atoms with E-state index in [1.807, 2.05) is 44.2 Å². The third-order valence-corrected chi connectivity index (χ3v) is 2.82. The lowest BCUT2D eigenvalue weighted by Gasteiger charge is -2.19. The van der Waals surface area contributed by atoms with E-state index in [0.29, 0.717) is 5.88 Å². The smallest absolute Gasteiger partial charge is 0.407 e. The van der Waals surface area contributed by atoms with Crippen LogP contribution in [0.25, 0.3) is 0 Å². The summed E-state index contributed by atoms with van der Waals surface area (Å²) in [6, 6.07) is 9.51. The highest BCUT2D eigenvalue weighted by atomic mass is 35.5. The summed E-state index contributed by atoms with van der Waals surface area (Å²) in [6.07, 6.45) is -0.423. The zero-order chi connectivity index (χ0) is 12.7. The molecule has 3 nitrogen and oxygen atoms in total. The van der Waals surface area contributed by atoms with Gasteiger partial charge in [0.15, 0.2) is 0 Å². The number of alkyl carbamates (subject to hydrolysis) is 1. The van der Waals surface area contributed by atoms with Crippen LogP contribution in [0.2, 0.25) is 0 Å². The van der Waals surface area contributed by atoms with Crippen molar-refractivity contribution in [3.05, 3.63) is 35.9 Å². The number of carbonyl (C=O) groups is 1. The molecule has 17 heavy (non-hydrogen) atoms. The number of alkyl halides is 1. The van der Waals surface area contributed by atoms with Crippen molar-refractivity contribution in [2.24, 2.45) is 5.92 Å². The van der Waals surface area contributed by atoms with Crippen LogP contribution in [-0.2, 0) is 11.3 Å². The molecule has 1 aromatic carbocycles. The Morgan fingerprint density at radius 2 is 2.00 bits per heavy atom. The molecule has 1 atom stereocenters. The summed E-state index contributed by atoms with van der Waals surface area (Å²) in [5.41, 5.74) is 0.967. The molecule has 0 unspecified atom stereocenters. The van der Waals surface area contributed by atoms with Crippen LogP contribution in [0.5, 0.6) is 0 Å². The van der Waals surface area contributed by atoms with Crippen molar-refractivity contribution in [2.75, 3.05) is 5.88 Å². The fraction of sp³-hybridized carbons (Fsp3) is 0.462. The van der Waals surface area contributed by atoms with Crippen molar-refractivity contribution in [1.29, 1.82) is 0 Å². The Morgan fingerprint density at radius 1 is 1.35 bits per heavy atom. The van der Waals surface area contributed by atoms with Crippen molar-refractivity contribution < 1.29 is 9.53 Å². The number of amides is 1. The van der Waals surface area contributed by atoms with E-state index < -0.39 is 6.09 Å². The molecule has 0 fully saturated rings. The highest BCUT2D eigenvalue weighted by molar-refractivity contribution is 6.18. The highest BCUT2D eigenvalue weighted by Crippen LogP contribution is 2.05. The minimum absolute atomic E-state index is 0.0556. The fourth-order valence-corrected chi connectivity index (χ4v) is 1.73. The zero-order valence-electron chi connectivity index (χ0n) is 10.2. The lowest BCUT2D eigenvalue weighted by atomic mass is 10.1. The Bertz CT molecular complexity index is 341. The molecular formula is C13H18ClNO2. The molecule has 0 aliphatic heterocycles. The summed E-state index contributed by atoms with van der Waals surface area (Å²) >= 11 is 5.75. The normalized spacial score (nSPS) is 12.2. The molecule has 0 aliphatic carbocycles. The van der Waals surface area contributed by atoms with Crippen LogP contribution in [0.3, 0.4) is 0 Å². The molecule has 0 radical (unpaired) electrons. The molecule has 0 spiro atoms. The van der Waals surface area contributed by atoms with Gasteiger partial charge < -0.3 is 10.1 Å². The molecule has 1 rings (SSSR count). The third-order valence-electron chi connectivity index (χ3n) is 2.49. The van der Waals surface area contributed by atoms with Crippen molar-refractivity contribution in [1.82, 2.24) is 5.32 Å². The second-order valence-corrected chi connectivity index (χ2v) is 4.52. The van der Waals surface area contributed by atoms with E-state index in [1.165, 1.54) is 0 Å². The van der Waals surface area contributed by atoms with E-state index in [4.69, 9.17) is 16.3 Å². The SMILES string of the molecule is CC(C)[C@@H](CCl)NC(=O)OCc1ccccc1. The molecule has 4 heteroatoms. The Balaban J connectivity index is 2.35. The molecule has 0 heterocycles. The summed E-state index contributed by atoms with van der Waals surface area (Å²) in [5.74, 6) is 0.676. The number of hydrogen-bond acceptors (Lipinski definition) is 2. The minimum Gasteiger partial charge on any atom is -0.445 e. The van der Waals surface area contributed by atoms with Gasteiger partial charge in [-0.3, -0.25) is 0 Å². The lowest BCUT2D eigenvalue weighted by Crippen LogP contribution is -2.40. The molecule has 1 amide bonds. The van der Waals surface area contributed by atoms with Gasteiger partial charge in [-0.05, 0) is 11.5 Å². The average Bonchev–Trinajstić information content (AvgIpc) is 2.34. The second-order valence-electron chi connectivity index (χ2n) is 4.21. The summed E-state index contributed by atoms with van der Waals surface area (Å²) in [6.45, 7) is 4.29. The summed E-state index contributed by atoms with van der Waals surface area (Å²) in [5, 5.41) is 2.74. The molecular weight excluding hydrogens is 238 g/mol. The van der Waals surface area contributed by atoms with Gasteiger partial charge in [0, 0.05) is 11.9 Å². The first-order valence-corrected chi connectivity index (χ1v) is 6.20. The van der Waals surface area contributed by atoms with Gasteiger partial charge in [0.25, 0.3) is 0 Å². The van der Waals surface area contributed by atoms with E-state index in [9.17, 15) is 4.79 Å². The standard InChI is InChI=1S/C13H18ClNO2/c1-10(2)12(8-14)15-13(16)17-9-11-6-4-3-5-7-11/h3-7,10,12H,8-9H2,1-2H3,(H,15,16)/t12-/m1/s1. The van der Waals surface area contributed by atoms with Crippen molar-refractivity contribution in [2.45, 2.75) is 26.5 Å². The lowest BCUT2D eigenvalue weighted by molar-refractivity contribution is 0.134. The molecule has 1 aromatic rings. The first-order chi connectivity index (χ1) is 8.13. The average molecular weight is 256 g/mol. The van der Waals surface area contributed by atoms with Crippen LogP contribution in [-0.4, -0.2) is 18.0 Å². The van der Waals surface area contributed by atoms with Gasteiger partial charge in [-0.25, -0.2) is 4.79 Å². The molecule has 0 aliphatic rings. The van der Waals surface area contributed by atoms with Gasteiger partial charge in [0.2, 0.25) is 0 Å². The minimum atomic E-state index is -0.423. The monoisotopic (exact) mass is 255 g/mol. The maximum atomic E-state index is 11.5. The van der Waals surface area contributed by atoms with Crippen molar-refractivity contribution in [3.63, 3.8) is 0 Å². The Hall–Kier alpha value is -1.22. The van der Waals surface area contributed by atoms with Gasteiger partial charge in [-0.15, -0.1) is 11.6 Å². The number of carbonyl (C=O) groups excluding carboxylic acids is 1. The van der Waals surface area contributed by atoms with E-state index >= 15 is 0 Å². The quantitative estimate of drug-likeness (QED) is 0.821. The molecule has 0 saturated heterocycles. The predicted octanol–water partition coefficient (Wildman–Crippen LogP) is 3.18. The van der Waals surface area contributed by atoms with Crippen LogP contribution in [0.1, 0.15) is 19.4 Å². The van der Waals surface area contributed by atoms with Gasteiger partial charge in [-0.1, -0.05) is 44.2 Å². The molecule has 0 aromatic heterocycles. The van der Waals surface area contributed by atoms with Crippen molar-refractivity contribution in [3.8, 4) is 0 Å². The second kappa shape index (κ2) is 7.17. The van der Waals surface area contributed by atoms with Gasteiger partial charge >= 0.3 is 6.09 Å². The van der Waals surface area contributed by atoms with Crippen molar-refractivity contribution >= 4 is 17.7 Å². The van der Waals surface area contributed by atoms with Gasteiger partial charge in [0.05, 0.1) is 0 Å². The largest absolute Gasteiger partial charge is 0.445 e. The number of ether oxygens (including phenoxy) is 1. The number of nitrogens with one attached hydrogen (secondary N) is 1. The fourth-order valence-electron chi connectivity index (χ4n) is 1.30. The first-order valence-electron chi connectivity index (χ1n) is 5.66. The van der Waals surface area contributed by atoms with Crippen LogP contribution >= 0.6 is 11.6 Å². The summed E-state index contributed by atoms with van der Waals surface area (Å²) in [4.78, 5) is 11.5. The highest BCUT2D eigenvalue weighted by Gasteiger charge is 2.15. The predicted molar refractivity (Wildman–Crippen MR) is 69.1 cm³/mol. The number of halogens is 1. The van der Waals surface area contributed by atoms with Crippen LogP contribution in [0, 0.1) is 5.92 Å². The summed E-state index contributed by atoms with van der Waals surface area (Å²) < 4.78 is 5.10. The van der Waals surface area contributed by atoms with E-state index in [-0.39, 0.29) is 18.6 Å². The Kier molecular flexibility index (Phi) is 5.84. The van der Waals surface area contributed by atoms with Crippen LogP contribution < -0.4 is 5.32 Å². The molecule has 94 valence electrons. The zero-order valence-corrected chi connectivity index (χ0v) is 10.9. The maximum Gasteiger partial charge on any atom is 0.407 e. The Morgan fingerprint density at radius 3 is 2.53 bits per heavy atom. The maximum absolute atomic E-state index is 11.5. The topological polar surface area (TPSA) is 38.3 Å². The van der Waals surface area contributed by atoms with Crippen LogP contribution in [0.4, 0.5) is 4.79 Å². The molecule has 1 N–H and O–H groups in total. The first kappa shape index (κ1) is 13.8. The van der Waals surface area contributed by atoms with E-state index in [0.717, 1.165) is 5.56 Å². The molecule has 0 saturated carbocycles.